The number of carbonyl (C=O) groups is 1. The summed E-state index contributed by atoms with van der Waals surface area (Å²) < 4.78 is 10.8. The van der Waals surface area contributed by atoms with E-state index in [1.54, 1.807) is 34.6 Å². The van der Waals surface area contributed by atoms with E-state index in [4.69, 9.17) is 19.5 Å². The average molecular weight is 259 g/mol. The van der Waals surface area contributed by atoms with Crippen molar-refractivity contribution in [3.05, 3.63) is 0 Å². The summed E-state index contributed by atoms with van der Waals surface area (Å²) in [6.07, 6.45) is -0.460. The second-order valence-electron chi connectivity index (χ2n) is 5.98. The molecule has 0 aromatic heterocycles. The highest BCUT2D eigenvalue weighted by Gasteiger charge is 2.46. The minimum Gasteiger partial charge on any atom is -0.444 e. The molecule has 7 heteroatoms. The molecule has 0 bridgehead atoms. The number of nitrogens with zero attached hydrogens (tertiary/aromatic N) is 1. The topological polar surface area (TPSA) is 79.2 Å². The fourth-order valence-electron chi connectivity index (χ4n) is 1.98. The fourth-order valence-corrected chi connectivity index (χ4v) is 1.98. The molecular formula is C11H22BNO5. The predicted molar refractivity (Wildman–Crippen MR) is 66.9 cm³/mol. The standard InChI is InChI=1S/C11H22BNO5/c1-10(2,3)18-9(14)13-8(6-12(15)16)7-17-11(13,4)5/h8,15-16H,6-7H2,1-5H3. The zero-order valence-electron chi connectivity index (χ0n) is 11.6. The summed E-state index contributed by atoms with van der Waals surface area (Å²) >= 11 is 0. The van der Waals surface area contributed by atoms with Gasteiger partial charge in [-0.05, 0) is 34.6 Å². The lowest BCUT2D eigenvalue weighted by atomic mass is 9.81. The van der Waals surface area contributed by atoms with Gasteiger partial charge in [-0.25, -0.2) is 4.79 Å². The Hall–Kier alpha value is -0.785. The molecule has 1 heterocycles. The zero-order valence-corrected chi connectivity index (χ0v) is 11.6. The van der Waals surface area contributed by atoms with Crippen molar-refractivity contribution in [2.45, 2.75) is 58.3 Å². The fraction of sp³-hybridized carbons (Fsp3) is 0.909. The zero-order chi connectivity index (χ0) is 14.1. The van der Waals surface area contributed by atoms with Crippen LogP contribution in [-0.4, -0.2) is 52.1 Å². The first-order chi connectivity index (χ1) is 8.03. The van der Waals surface area contributed by atoms with Crippen LogP contribution in [0.25, 0.3) is 0 Å². The Morgan fingerprint density at radius 2 is 2.06 bits per heavy atom. The summed E-state index contributed by atoms with van der Waals surface area (Å²) in [7, 11) is -1.47. The van der Waals surface area contributed by atoms with Gasteiger partial charge in [0.25, 0.3) is 0 Å². The van der Waals surface area contributed by atoms with Gasteiger partial charge in [0, 0.05) is 6.32 Å². The summed E-state index contributed by atoms with van der Waals surface area (Å²) in [5, 5.41) is 18.1. The van der Waals surface area contributed by atoms with Crippen LogP contribution in [0.3, 0.4) is 0 Å². The van der Waals surface area contributed by atoms with Crippen molar-refractivity contribution in [2.24, 2.45) is 0 Å². The molecule has 1 saturated heterocycles. The SMILES string of the molecule is CC(C)(C)OC(=O)N1C(CB(O)O)COC1(C)C. The van der Waals surface area contributed by atoms with Crippen molar-refractivity contribution in [2.75, 3.05) is 6.61 Å². The molecule has 0 radical (unpaired) electrons. The number of rotatable bonds is 2. The molecule has 0 aromatic rings. The summed E-state index contributed by atoms with van der Waals surface area (Å²) in [4.78, 5) is 13.6. The second-order valence-corrected chi connectivity index (χ2v) is 5.98. The minimum atomic E-state index is -1.47. The Bertz CT molecular complexity index is 313. The Labute approximate surface area is 108 Å². The van der Waals surface area contributed by atoms with Crippen LogP contribution in [0.15, 0.2) is 0 Å². The molecule has 1 aliphatic rings. The molecule has 0 spiro atoms. The van der Waals surface area contributed by atoms with E-state index in [9.17, 15) is 4.79 Å². The Balaban J connectivity index is 2.82. The first-order valence-electron chi connectivity index (χ1n) is 6.05. The van der Waals surface area contributed by atoms with E-state index in [2.05, 4.69) is 0 Å². The maximum absolute atomic E-state index is 12.1. The van der Waals surface area contributed by atoms with Crippen LogP contribution in [0.2, 0.25) is 6.32 Å². The normalized spacial score (nSPS) is 23.1. The Kier molecular flexibility index (Phi) is 4.30. The van der Waals surface area contributed by atoms with Crippen molar-refractivity contribution >= 4 is 13.2 Å². The molecule has 1 unspecified atom stereocenters. The van der Waals surface area contributed by atoms with Gasteiger partial charge in [-0.15, -0.1) is 0 Å². The van der Waals surface area contributed by atoms with E-state index in [-0.39, 0.29) is 12.9 Å². The van der Waals surface area contributed by atoms with Crippen molar-refractivity contribution in [3.63, 3.8) is 0 Å². The van der Waals surface area contributed by atoms with Crippen molar-refractivity contribution in [1.82, 2.24) is 4.90 Å². The molecule has 6 nitrogen and oxygen atoms in total. The van der Waals surface area contributed by atoms with Gasteiger partial charge in [0.15, 0.2) is 0 Å². The summed E-state index contributed by atoms with van der Waals surface area (Å²) in [5.74, 6) is 0. The summed E-state index contributed by atoms with van der Waals surface area (Å²) in [5.41, 5.74) is -1.40. The second kappa shape index (κ2) is 5.07. The number of carbonyl (C=O) groups excluding carboxylic acids is 1. The molecule has 0 aromatic carbocycles. The first kappa shape index (κ1) is 15.3. The van der Waals surface area contributed by atoms with Gasteiger partial charge in [0.1, 0.15) is 11.3 Å². The van der Waals surface area contributed by atoms with Crippen molar-refractivity contribution in [3.8, 4) is 0 Å². The van der Waals surface area contributed by atoms with E-state index in [1.807, 2.05) is 0 Å². The minimum absolute atomic E-state index is 0.0443. The largest absolute Gasteiger partial charge is 0.453 e. The summed E-state index contributed by atoms with van der Waals surface area (Å²) in [6.45, 7) is 9.12. The molecule has 1 fully saturated rings. The Morgan fingerprint density at radius 1 is 1.50 bits per heavy atom. The van der Waals surface area contributed by atoms with E-state index < -0.39 is 30.6 Å². The maximum Gasteiger partial charge on any atom is 0.453 e. The van der Waals surface area contributed by atoms with Crippen LogP contribution in [0.5, 0.6) is 0 Å². The molecule has 1 rings (SSSR count). The van der Waals surface area contributed by atoms with E-state index in [0.29, 0.717) is 0 Å². The van der Waals surface area contributed by atoms with Gasteiger partial charge in [-0.1, -0.05) is 0 Å². The van der Waals surface area contributed by atoms with Gasteiger partial charge in [0.05, 0.1) is 12.6 Å². The van der Waals surface area contributed by atoms with Crippen molar-refractivity contribution < 1.29 is 24.3 Å². The van der Waals surface area contributed by atoms with Gasteiger partial charge in [0.2, 0.25) is 0 Å². The van der Waals surface area contributed by atoms with Crippen LogP contribution >= 0.6 is 0 Å². The number of ether oxygens (including phenoxy) is 2. The first-order valence-corrected chi connectivity index (χ1v) is 6.05. The smallest absolute Gasteiger partial charge is 0.444 e. The monoisotopic (exact) mass is 259 g/mol. The lowest BCUT2D eigenvalue weighted by molar-refractivity contribution is -0.0619. The molecule has 104 valence electrons. The van der Waals surface area contributed by atoms with Crippen LogP contribution in [-0.2, 0) is 9.47 Å². The van der Waals surface area contributed by atoms with E-state index >= 15 is 0 Å². The molecule has 0 aliphatic carbocycles. The van der Waals surface area contributed by atoms with Crippen LogP contribution < -0.4 is 0 Å². The highest BCUT2D eigenvalue weighted by molar-refractivity contribution is 6.41. The van der Waals surface area contributed by atoms with Crippen LogP contribution in [0, 0.1) is 0 Å². The highest BCUT2D eigenvalue weighted by Crippen LogP contribution is 2.31. The highest BCUT2D eigenvalue weighted by atomic mass is 16.6. The van der Waals surface area contributed by atoms with Gasteiger partial charge >= 0.3 is 13.2 Å². The predicted octanol–water partition coefficient (Wildman–Crippen LogP) is 0.831. The third-order valence-corrected chi connectivity index (χ3v) is 2.65. The number of amides is 1. The molecule has 18 heavy (non-hydrogen) atoms. The third kappa shape index (κ3) is 3.86. The third-order valence-electron chi connectivity index (χ3n) is 2.65. The molecule has 2 N–H and O–H groups in total. The molecular weight excluding hydrogens is 237 g/mol. The van der Waals surface area contributed by atoms with Crippen LogP contribution in [0.4, 0.5) is 4.79 Å². The van der Waals surface area contributed by atoms with E-state index in [0.717, 1.165) is 0 Å². The molecule has 1 aliphatic heterocycles. The van der Waals surface area contributed by atoms with E-state index in [1.165, 1.54) is 4.90 Å². The lowest BCUT2D eigenvalue weighted by Crippen LogP contribution is -2.50. The molecule has 1 atom stereocenters. The maximum atomic E-state index is 12.1. The Morgan fingerprint density at radius 3 is 2.50 bits per heavy atom. The van der Waals surface area contributed by atoms with Gasteiger partial charge in [-0.2, -0.15) is 0 Å². The van der Waals surface area contributed by atoms with Crippen molar-refractivity contribution in [1.29, 1.82) is 0 Å². The number of hydrogen-bond acceptors (Lipinski definition) is 5. The van der Waals surface area contributed by atoms with Gasteiger partial charge in [-0.3, -0.25) is 4.90 Å². The lowest BCUT2D eigenvalue weighted by Gasteiger charge is -2.35. The molecule has 1 amide bonds. The molecule has 0 saturated carbocycles. The summed E-state index contributed by atoms with van der Waals surface area (Å²) in [6, 6.07) is -0.394. The van der Waals surface area contributed by atoms with Crippen LogP contribution in [0.1, 0.15) is 34.6 Å². The van der Waals surface area contributed by atoms with Gasteiger partial charge < -0.3 is 19.5 Å². The number of hydrogen-bond donors (Lipinski definition) is 2. The average Bonchev–Trinajstić information content (AvgIpc) is 2.36. The quantitative estimate of drug-likeness (QED) is 0.718.